The molecule has 3 unspecified atom stereocenters. The molecule has 1 N–H and O–H groups in total. The first-order chi connectivity index (χ1) is 13.0. The van der Waals surface area contributed by atoms with Gasteiger partial charge in [0.25, 0.3) is 0 Å². The number of carbonyl (C=O) groups excluding carboxylic acids is 2. The number of nitrogens with zero attached hydrogens (tertiary/aromatic N) is 1. The molecule has 1 aromatic rings. The largest absolute Gasteiger partial charge is 0.493 e. The molecule has 1 amide bonds. The van der Waals surface area contributed by atoms with E-state index in [0.717, 1.165) is 24.3 Å². The fourth-order valence-electron chi connectivity index (χ4n) is 4.23. The molecule has 2 heterocycles. The molecule has 0 aliphatic carbocycles. The van der Waals surface area contributed by atoms with Crippen molar-refractivity contribution >= 4 is 11.9 Å². The van der Waals surface area contributed by atoms with Crippen LogP contribution in [0.2, 0.25) is 0 Å². The highest BCUT2D eigenvalue weighted by molar-refractivity contribution is 5.80. The molecule has 0 radical (unpaired) electrons. The molecule has 7 nitrogen and oxygen atoms in total. The highest BCUT2D eigenvalue weighted by Crippen LogP contribution is 2.43. The molecule has 148 valence electrons. The van der Waals surface area contributed by atoms with Crippen molar-refractivity contribution in [3.8, 4) is 11.5 Å². The van der Waals surface area contributed by atoms with Gasteiger partial charge < -0.3 is 19.5 Å². The van der Waals surface area contributed by atoms with Crippen LogP contribution in [0.5, 0.6) is 11.5 Å². The quantitative estimate of drug-likeness (QED) is 0.788. The van der Waals surface area contributed by atoms with Crippen LogP contribution < -0.4 is 14.8 Å². The third kappa shape index (κ3) is 3.88. The number of hydrogen-bond acceptors (Lipinski definition) is 6. The third-order valence-corrected chi connectivity index (χ3v) is 5.45. The standard InChI is InChI=1S/C20H28N2O5/c1-5-21-20(24)15-11-22-7-6-13-8-18(25-3)19(26-4)9-14(13)16(22)10-17(15)27-12(2)23/h8-9,15-17H,5-7,10-11H2,1-4H3,(H,21,24). The Bertz CT molecular complexity index is 721. The molecule has 27 heavy (non-hydrogen) atoms. The van der Waals surface area contributed by atoms with Crippen molar-refractivity contribution in [1.82, 2.24) is 10.2 Å². The molecule has 2 aliphatic heterocycles. The Labute approximate surface area is 160 Å². The molecule has 3 rings (SSSR count). The summed E-state index contributed by atoms with van der Waals surface area (Å²) in [6.45, 7) is 5.27. The van der Waals surface area contributed by atoms with Crippen LogP contribution in [-0.2, 0) is 20.7 Å². The van der Waals surface area contributed by atoms with Crippen LogP contribution in [-0.4, -0.2) is 56.7 Å². The van der Waals surface area contributed by atoms with Crippen LogP contribution in [0.4, 0.5) is 0 Å². The Balaban J connectivity index is 1.92. The Kier molecular flexibility index (Phi) is 5.89. The number of ether oxygens (including phenoxy) is 3. The predicted molar refractivity (Wildman–Crippen MR) is 99.9 cm³/mol. The van der Waals surface area contributed by atoms with E-state index in [1.165, 1.54) is 12.5 Å². The van der Waals surface area contributed by atoms with Gasteiger partial charge in [0.2, 0.25) is 5.91 Å². The van der Waals surface area contributed by atoms with Crippen molar-refractivity contribution in [2.75, 3.05) is 33.9 Å². The maximum absolute atomic E-state index is 12.5. The highest BCUT2D eigenvalue weighted by atomic mass is 16.5. The number of nitrogens with one attached hydrogen (secondary N) is 1. The van der Waals surface area contributed by atoms with E-state index in [1.54, 1.807) is 14.2 Å². The molecule has 1 fully saturated rings. The summed E-state index contributed by atoms with van der Waals surface area (Å²) >= 11 is 0. The van der Waals surface area contributed by atoms with Crippen LogP contribution in [0.25, 0.3) is 0 Å². The van der Waals surface area contributed by atoms with Crippen molar-refractivity contribution < 1.29 is 23.8 Å². The number of rotatable bonds is 5. The summed E-state index contributed by atoms with van der Waals surface area (Å²) in [6, 6.07) is 4.13. The van der Waals surface area contributed by atoms with Crippen LogP contribution in [0.1, 0.15) is 37.4 Å². The van der Waals surface area contributed by atoms with Crippen molar-refractivity contribution in [3.63, 3.8) is 0 Å². The van der Waals surface area contributed by atoms with Crippen molar-refractivity contribution in [2.24, 2.45) is 5.92 Å². The Hall–Kier alpha value is -2.28. The maximum Gasteiger partial charge on any atom is 0.302 e. The van der Waals surface area contributed by atoms with Gasteiger partial charge in [0.15, 0.2) is 11.5 Å². The van der Waals surface area contributed by atoms with E-state index in [4.69, 9.17) is 14.2 Å². The Morgan fingerprint density at radius 1 is 1.22 bits per heavy atom. The molecule has 0 aromatic heterocycles. The fraction of sp³-hybridized carbons (Fsp3) is 0.600. The fourth-order valence-corrected chi connectivity index (χ4v) is 4.23. The van der Waals surface area contributed by atoms with Crippen molar-refractivity contribution in [2.45, 2.75) is 38.8 Å². The van der Waals surface area contributed by atoms with E-state index >= 15 is 0 Å². The first-order valence-corrected chi connectivity index (χ1v) is 9.42. The van der Waals surface area contributed by atoms with E-state index < -0.39 is 6.10 Å². The number of amides is 1. The number of hydrogen-bond donors (Lipinski definition) is 1. The van der Waals surface area contributed by atoms with Gasteiger partial charge in [-0.15, -0.1) is 0 Å². The second kappa shape index (κ2) is 8.17. The molecule has 0 saturated carbocycles. The number of fused-ring (bicyclic) bond motifs is 3. The number of methoxy groups -OCH3 is 2. The van der Waals surface area contributed by atoms with E-state index in [-0.39, 0.29) is 23.8 Å². The van der Waals surface area contributed by atoms with Crippen LogP contribution in [0.15, 0.2) is 12.1 Å². The lowest BCUT2D eigenvalue weighted by molar-refractivity contribution is -0.157. The average Bonchev–Trinajstić information content (AvgIpc) is 2.65. The lowest BCUT2D eigenvalue weighted by Crippen LogP contribution is -2.53. The third-order valence-electron chi connectivity index (χ3n) is 5.45. The van der Waals surface area contributed by atoms with Gasteiger partial charge in [-0.2, -0.15) is 0 Å². The number of benzene rings is 1. The zero-order chi connectivity index (χ0) is 19.6. The second-order valence-corrected chi connectivity index (χ2v) is 7.05. The first kappa shape index (κ1) is 19.5. The number of esters is 1. The van der Waals surface area contributed by atoms with Crippen molar-refractivity contribution in [3.05, 3.63) is 23.3 Å². The molecular formula is C20H28N2O5. The SMILES string of the molecule is CCNC(=O)C1CN2CCc3cc(OC)c(OC)cc3C2CC1OC(C)=O. The zero-order valence-corrected chi connectivity index (χ0v) is 16.4. The topological polar surface area (TPSA) is 77.1 Å². The monoisotopic (exact) mass is 376 g/mol. The van der Waals surface area contributed by atoms with Crippen molar-refractivity contribution in [1.29, 1.82) is 0 Å². The summed E-state index contributed by atoms with van der Waals surface area (Å²) < 4.78 is 16.5. The summed E-state index contributed by atoms with van der Waals surface area (Å²) in [7, 11) is 3.26. The molecule has 7 heteroatoms. The lowest BCUT2D eigenvalue weighted by atomic mass is 9.81. The first-order valence-electron chi connectivity index (χ1n) is 9.42. The van der Waals surface area contributed by atoms with Gasteiger partial charge in [-0.3, -0.25) is 14.5 Å². The van der Waals surface area contributed by atoms with Crippen LogP contribution in [0, 0.1) is 5.92 Å². The minimum atomic E-state index is -0.436. The lowest BCUT2D eigenvalue weighted by Gasteiger charge is -2.46. The molecule has 1 aromatic carbocycles. The average molecular weight is 376 g/mol. The molecule has 0 spiro atoms. The minimum Gasteiger partial charge on any atom is -0.493 e. The molecule has 0 bridgehead atoms. The Morgan fingerprint density at radius 2 is 1.93 bits per heavy atom. The van der Waals surface area contributed by atoms with Crippen LogP contribution >= 0.6 is 0 Å². The van der Waals surface area contributed by atoms with Gasteiger partial charge in [0.05, 0.1) is 20.1 Å². The van der Waals surface area contributed by atoms with Gasteiger partial charge in [-0.1, -0.05) is 0 Å². The van der Waals surface area contributed by atoms with Gasteiger partial charge >= 0.3 is 5.97 Å². The highest BCUT2D eigenvalue weighted by Gasteiger charge is 2.43. The van der Waals surface area contributed by atoms with E-state index in [9.17, 15) is 9.59 Å². The molecule has 1 saturated heterocycles. The van der Waals surface area contributed by atoms with E-state index in [0.29, 0.717) is 25.3 Å². The normalized spacial score (nSPS) is 24.4. The summed E-state index contributed by atoms with van der Waals surface area (Å²) in [5.74, 6) is 0.642. The predicted octanol–water partition coefficient (Wildman–Crippen LogP) is 1.69. The van der Waals surface area contributed by atoms with Crippen LogP contribution in [0.3, 0.4) is 0 Å². The molecule has 2 aliphatic rings. The smallest absolute Gasteiger partial charge is 0.302 e. The van der Waals surface area contributed by atoms with E-state index in [1.807, 2.05) is 19.1 Å². The van der Waals surface area contributed by atoms with E-state index in [2.05, 4.69) is 10.2 Å². The van der Waals surface area contributed by atoms with Gasteiger partial charge in [-0.05, 0) is 36.6 Å². The van der Waals surface area contributed by atoms with Gasteiger partial charge in [0, 0.05) is 39.0 Å². The summed E-state index contributed by atoms with van der Waals surface area (Å²) in [6.07, 6.45) is 1.03. The molecule has 3 atom stereocenters. The summed E-state index contributed by atoms with van der Waals surface area (Å²) in [5, 5.41) is 2.87. The second-order valence-electron chi connectivity index (χ2n) is 7.05. The number of piperidine rings is 1. The molecular weight excluding hydrogens is 348 g/mol. The Morgan fingerprint density at radius 3 is 2.56 bits per heavy atom. The minimum absolute atomic E-state index is 0.0553. The van der Waals surface area contributed by atoms with Gasteiger partial charge in [-0.25, -0.2) is 0 Å². The number of carbonyl (C=O) groups is 2. The zero-order valence-electron chi connectivity index (χ0n) is 16.4. The summed E-state index contributed by atoms with van der Waals surface area (Å²) in [5.41, 5.74) is 2.37. The summed E-state index contributed by atoms with van der Waals surface area (Å²) in [4.78, 5) is 26.5. The van der Waals surface area contributed by atoms with Gasteiger partial charge in [0.1, 0.15) is 6.10 Å². The maximum atomic E-state index is 12.5.